The van der Waals surface area contributed by atoms with Crippen molar-refractivity contribution in [1.82, 2.24) is 5.32 Å². The maximum atomic E-state index is 12.6. The van der Waals surface area contributed by atoms with Gasteiger partial charge in [0.05, 0.1) is 13.1 Å². The molecule has 0 aliphatic rings. The molecule has 4 nitrogen and oxygen atoms in total. The Morgan fingerprint density at radius 2 is 1.54 bits per heavy atom. The lowest BCUT2D eigenvalue weighted by atomic mass is 9.99. The molecule has 4 heteroatoms. The van der Waals surface area contributed by atoms with Crippen molar-refractivity contribution in [2.45, 2.75) is 19.5 Å². The van der Waals surface area contributed by atoms with Gasteiger partial charge >= 0.3 is 0 Å². The Bertz CT molecular complexity index is 788. The van der Waals surface area contributed by atoms with Crippen LogP contribution >= 0.6 is 0 Å². The van der Waals surface area contributed by atoms with Gasteiger partial charge in [-0.05, 0) is 30.2 Å². The summed E-state index contributed by atoms with van der Waals surface area (Å²) in [6.45, 7) is 2.99. The highest BCUT2D eigenvalue weighted by Gasteiger charge is 2.19. The van der Waals surface area contributed by atoms with Gasteiger partial charge in [0.15, 0.2) is 12.3 Å². The molecule has 134 valence electrons. The summed E-state index contributed by atoms with van der Waals surface area (Å²) in [5, 5.41) is 3.18. The molecule has 26 heavy (non-hydrogen) atoms. The van der Waals surface area contributed by atoms with E-state index in [-0.39, 0.29) is 11.9 Å². The number of aryl methyl sites for hydroxylation is 1. The van der Waals surface area contributed by atoms with Crippen molar-refractivity contribution >= 4 is 5.91 Å². The summed E-state index contributed by atoms with van der Waals surface area (Å²) >= 11 is 0. The molecule has 2 N–H and O–H groups in total. The van der Waals surface area contributed by atoms with Crippen LogP contribution in [0.3, 0.4) is 0 Å². The fourth-order valence-electron chi connectivity index (χ4n) is 3.08. The summed E-state index contributed by atoms with van der Waals surface area (Å²) in [5.74, 6) is 1.81. The number of quaternary nitrogens is 1. The first kappa shape index (κ1) is 18.0. The average molecular weight is 349 g/mol. The second kappa shape index (κ2) is 8.50. The smallest absolute Gasteiger partial charge is 0.275 e. The zero-order valence-electron chi connectivity index (χ0n) is 15.2. The fraction of sp³-hybridized carbons (Fsp3) is 0.227. The highest BCUT2D eigenvalue weighted by Crippen LogP contribution is 2.21. The number of carbonyl (C=O) groups excluding carboxylic acids is 1. The van der Waals surface area contributed by atoms with Gasteiger partial charge in [-0.2, -0.15) is 0 Å². The van der Waals surface area contributed by atoms with Crippen molar-refractivity contribution in [3.05, 3.63) is 95.4 Å². The number of hydrogen-bond acceptors (Lipinski definition) is 2. The zero-order chi connectivity index (χ0) is 18.4. The van der Waals surface area contributed by atoms with Crippen molar-refractivity contribution < 1.29 is 14.1 Å². The molecule has 0 aliphatic carbocycles. The van der Waals surface area contributed by atoms with E-state index in [1.165, 1.54) is 0 Å². The quantitative estimate of drug-likeness (QED) is 0.688. The number of carbonyl (C=O) groups is 1. The minimum absolute atomic E-state index is 0.0171. The van der Waals surface area contributed by atoms with E-state index < -0.39 is 0 Å². The van der Waals surface area contributed by atoms with Crippen LogP contribution in [0.15, 0.2) is 77.2 Å². The minimum Gasteiger partial charge on any atom is -0.460 e. The number of likely N-dealkylation sites (N-methyl/N-ethyl adjacent to an activating group) is 1. The van der Waals surface area contributed by atoms with Gasteiger partial charge in [0.25, 0.3) is 5.91 Å². The summed E-state index contributed by atoms with van der Waals surface area (Å²) < 4.78 is 5.60. The molecule has 1 unspecified atom stereocenters. The molecule has 0 fully saturated rings. The van der Waals surface area contributed by atoms with Crippen LogP contribution in [-0.4, -0.2) is 19.5 Å². The number of furan rings is 1. The van der Waals surface area contributed by atoms with Crippen LogP contribution in [0.5, 0.6) is 0 Å². The lowest BCUT2D eigenvalue weighted by Gasteiger charge is -2.21. The predicted molar refractivity (Wildman–Crippen MR) is 102 cm³/mol. The lowest BCUT2D eigenvalue weighted by molar-refractivity contribution is -0.886. The van der Waals surface area contributed by atoms with Crippen LogP contribution in [0.4, 0.5) is 0 Å². The van der Waals surface area contributed by atoms with Crippen molar-refractivity contribution in [3.63, 3.8) is 0 Å². The summed E-state index contributed by atoms with van der Waals surface area (Å²) in [6, 6.07) is 23.9. The number of hydrogen-bond donors (Lipinski definition) is 2. The van der Waals surface area contributed by atoms with Crippen LogP contribution in [0.25, 0.3) is 0 Å². The third-order valence-corrected chi connectivity index (χ3v) is 4.31. The Hall–Kier alpha value is -2.85. The van der Waals surface area contributed by atoms with E-state index in [0.717, 1.165) is 27.5 Å². The number of rotatable bonds is 7. The van der Waals surface area contributed by atoms with Gasteiger partial charge in [-0.25, -0.2) is 0 Å². The molecule has 0 spiro atoms. The van der Waals surface area contributed by atoms with E-state index in [0.29, 0.717) is 13.1 Å². The molecule has 3 aromatic rings. The van der Waals surface area contributed by atoms with Gasteiger partial charge < -0.3 is 14.6 Å². The third kappa shape index (κ3) is 4.83. The van der Waals surface area contributed by atoms with Crippen LogP contribution in [0, 0.1) is 6.92 Å². The van der Waals surface area contributed by atoms with Gasteiger partial charge in [-0.15, -0.1) is 0 Å². The van der Waals surface area contributed by atoms with Gasteiger partial charge in [-0.1, -0.05) is 60.7 Å². The summed E-state index contributed by atoms with van der Waals surface area (Å²) in [7, 11) is 2.00. The van der Waals surface area contributed by atoms with E-state index in [1.54, 1.807) is 0 Å². The van der Waals surface area contributed by atoms with Gasteiger partial charge in [0.1, 0.15) is 12.3 Å². The van der Waals surface area contributed by atoms with Gasteiger partial charge in [-0.3, -0.25) is 4.79 Å². The molecule has 0 saturated carbocycles. The molecule has 0 aliphatic heterocycles. The third-order valence-electron chi connectivity index (χ3n) is 4.31. The molecule has 1 heterocycles. The SMILES string of the molecule is Cc1ccc(C[NH+](C)CC(=O)NC(c2ccccc2)c2ccccc2)o1. The van der Waals surface area contributed by atoms with Gasteiger partial charge in [0.2, 0.25) is 0 Å². The van der Waals surface area contributed by atoms with E-state index >= 15 is 0 Å². The van der Waals surface area contributed by atoms with Crippen LogP contribution in [-0.2, 0) is 11.3 Å². The van der Waals surface area contributed by atoms with Crippen molar-refractivity contribution in [2.75, 3.05) is 13.6 Å². The number of benzene rings is 2. The lowest BCUT2D eigenvalue weighted by Crippen LogP contribution is -3.08. The molecule has 2 aromatic carbocycles. The second-order valence-electron chi connectivity index (χ2n) is 6.64. The molecule has 1 aromatic heterocycles. The fourth-order valence-corrected chi connectivity index (χ4v) is 3.08. The Morgan fingerprint density at radius 3 is 2.04 bits per heavy atom. The molecule has 0 bridgehead atoms. The monoisotopic (exact) mass is 349 g/mol. The van der Waals surface area contributed by atoms with E-state index in [2.05, 4.69) is 5.32 Å². The standard InChI is InChI=1S/C22H24N2O2/c1-17-13-14-20(26-17)15-24(2)16-21(25)23-22(18-9-5-3-6-10-18)19-11-7-4-8-12-19/h3-14,22H,15-16H2,1-2H3,(H,23,25)/p+1. The van der Waals surface area contributed by atoms with E-state index in [4.69, 9.17) is 4.42 Å². The average Bonchev–Trinajstić information content (AvgIpc) is 3.05. The van der Waals surface area contributed by atoms with Crippen LogP contribution in [0.1, 0.15) is 28.7 Å². The van der Waals surface area contributed by atoms with Crippen molar-refractivity contribution in [1.29, 1.82) is 0 Å². The Morgan fingerprint density at radius 1 is 0.962 bits per heavy atom. The predicted octanol–water partition coefficient (Wildman–Crippen LogP) is 2.51. The zero-order valence-corrected chi connectivity index (χ0v) is 15.2. The first-order valence-electron chi connectivity index (χ1n) is 8.87. The maximum absolute atomic E-state index is 12.6. The molecule has 3 rings (SSSR count). The molecule has 0 saturated heterocycles. The number of amides is 1. The molecular formula is C22H25N2O2+. The van der Waals surface area contributed by atoms with Crippen molar-refractivity contribution in [2.24, 2.45) is 0 Å². The molecule has 0 radical (unpaired) electrons. The normalized spacial score (nSPS) is 12.1. The largest absolute Gasteiger partial charge is 0.460 e. The van der Waals surface area contributed by atoms with E-state index in [1.807, 2.05) is 86.8 Å². The number of nitrogens with one attached hydrogen (secondary N) is 2. The van der Waals surface area contributed by atoms with Crippen molar-refractivity contribution in [3.8, 4) is 0 Å². The summed E-state index contributed by atoms with van der Waals surface area (Å²) in [5.41, 5.74) is 2.15. The minimum atomic E-state index is -0.149. The maximum Gasteiger partial charge on any atom is 0.275 e. The first-order valence-corrected chi connectivity index (χ1v) is 8.87. The van der Waals surface area contributed by atoms with Gasteiger partial charge in [0, 0.05) is 0 Å². The Balaban J connectivity index is 1.67. The molecular weight excluding hydrogens is 324 g/mol. The second-order valence-corrected chi connectivity index (χ2v) is 6.64. The summed E-state index contributed by atoms with van der Waals surface area (Å²) in [6.07, 6.45) is 0. The molecule has 1 atom stereocenters. The summed E-state index contributed by atoms with van der Waals surface area (Å²) in [4.78, 5) is 13.7. The topological polar surface area (TPSA) is 46.7 Å². The highest BCUT2D eigenvalue weighted by atomic mass is 16.3. The van der Waals surface area contributed by atoms with E-state index in [9.17, 15) is 4.79 Å². The Kier molecular flexibility index (Phi) is 5.87. The molecule has 1 amide bonds. The van der Waals surface area contributed by atoms with Crippen LogP contribution < -0.4 is 10.2 Å². The first-order chi connectivity index (χ1) is 12.6. The Labute approximate surface area is 154 Å². The highest BCUT2D eigenvalue weighted by molar-refractivity contribution is 5.77. The van der Waals surface area contributed by atoms with Crippen LogP contribution in [0.2, 0.25) is 0 Å².